The third-order valence-electron chi connectivity index (χ3n) is 6.49. The minimum atomic E-state index is -1.000. The number of carbonyl (C=O) groups is 4. The minimum Gasteiger partial charge on any atom is -0.369 e. The summed E-state index contributed by atoms with van der Waals surface area (Å²) in [6.07, 6.45) is 0.781. The van der Waals surface area contributed by atoms with Gasteiger partial charge in [0.05, 0.1) is 16.7 Å². The number of nitrogens with zero attached hydrogens (tertiary/aromatic N) is 2. The zero-order chi connectivity index (χ0) is 22.6. The number of hydrogen-bond donors (Lipinski definition) is 2. The van der Waals surface area contributed by atoms with Crippen LogP contribution in [0.2, 0.25) is 0 Å². The Morgan fingerprint density at radius 1 is 1.03 bits per heavy atom. The molecular weight excluding hydrogens is 415 g/mol. The molecule has 0 bridgehead atoms. The molecule has 3 heterocycles. The molecule has 8 nitrogen and oxygen atoms in total. The SMILES string of the molecule is NC1(c2cccc(F)c2)CCN(c2ccc3c(c2)C(=O)N(C2CCC(=O)NC2=O)C3=O)C1. The van der Waals surface area contributed by atoms with E-state index in [-0.39, 0.29) is 29.8 Å². The highest BCUT2D eigenvalue weighted by molar-refractivity contribution is 6.23. The largest absolute Gasteiger partial charge is 0.369 e. The molecule has 2 saturated heterocycles. The molecule has 2 aromatic rings. The number of nitrogens with one attached hydrogen (secondary N) is 1. The maximum atomic E-state index is 13.7. The third-order valence-corrected chi connectivity index (χ3v) is 6.49. The summed E-state index contributed by atoms with van der Waals surface area (Å²) >= 11 is 0. The first-order chi connectivity index (χ1) is 15.3. The highest BCUT2D eigenvalue weighted by atomic mass is 19.1. The van der Waals surface area contributed by atoms with Crippen molar-refractivity contribution in [3.8, 4) is 0 Å². The van der Waals surface area contributed by atoms with Crippen LogP contribution < -0.4 is 16.0 Å². The Labute approximate surface area is 183 Å². The van der Waals surface area contributed by atoms with Crippen LogP contribution in [0.4, 0.5) is 10.1 Å². The molecule has 9 heteroatoms. The summed E-state index contributed by atoms with van der Waals surface area (Å²) < 4.78 is 13.7. The molecule has 32 heavy (non-hydrogen) atoms. The van der Waals surface area contributed by atoms with E-state index in [2.05, 4.69) is 5.32 Å². The molecule has 164 valence electrons. The van der Waals surface area contributed by atoms with E-state index in [0.29, 0.717) is 25.1 Å². The number of imide groups is 2. The van der Waals surface area contributed by atoms with Crippen molar-refractivity contribution < 1.29 is 23.6 Å². The number of piperidine rings is 1. The number of halogens is 1. The van der Waals surface area contributed by atoms with Gasteiger partial charge in [-0.25, -0.2) is 4.39 Å². The van der Waals surface area contributed by atoms with E-state index < -0.39 is 35.2 Å². The van der Waals surface area contributed by atoms with Crippen molar-refractivity contribution in [2.75, 3.05) is 18.0 Å². The lowest BCUT2D eigenvalue weighted by atomic mass is 9.90. The maximum Gasteiger partial charge on any atom is 0.262 e. The van der Waals surface area contributed by atoms with Crippen LogP contribution in [0.25, 0.3) is 0 Å². The molecule has 2 unspecified atom stereocenters. The number of rotatable bonds is 3. The molecule has 0 spiro atoms. The van der Waals surface area contributed by atoms with Gasteiger partial charge in [-0.3, -0.25) is 29.4 Å². The van der Waals surface area contributed by atoms with Crippen molar-refractivity contribution in [1.29, 1.82) is 0 Å². The van der Waals surface area contributed by atoms with Gasteiger partial charge in [0, 0.05) is 25.2 Å². The molecule has 4 amide bonds. The molecule has 0 aromatic heterocycles. The van der Waals surface area contributed by atoms with E-state index in [1.807, 2.05) is 4.90 Å². The van der Waals surface area contributed by atoms with Gasteiger partial charge in [-0.2, -0.15) is 0 Å². The van der Waals surface area contributed by atoms with Crippen molar-refractivity contribution in [1.82, 2.24) is 10.2 Å². The van der Waals surface area contributed by atoms with Gasteiger partial charge in [0.1, 0.15) is 11.9 Å². The number of anilines is 1. The van der Waals surface area contributed by atoms with E-state index in [1.165, 1.54) is 12.1 Å². The van der Waals surface area contributed by atoms with Crippen LogP contribution in [0, 0.1) is 5.82 Å². The smallest absolute Gasteiger partial charge is 0.262 e. The standard InChI is InChI=1S/C23H21FN4O4/c24-14-3-1-2-13(10-14)23(25)8-9-27(12-23)15-4-5-16-17(11-15)22(32)28(21(16)31)18-6-7-19(29)26-20(18)30/h1-5,10-11,18H,6-9,12,25H2,(H,26,29,30). The second-order valence-electron chi connectivity index (χ2n) is 8.52. The van der Waals surface area contributed by atoms with Gasteiger partial charge in [-0.15, -0.1) is 0 Å². The molecular formula is C23H21FN4O4. The average molecular weight is 436 g/mol. The van der Waals surface area contributed by atoms with E-state index >= 15 is 0 Å². The zero-order valence-corrected chi connectivity index (χ0v) is 17.1. The summed E-state index contributed by atoms with van der Waals surface area (Å²) in [6.45, 7) is 1.03. The Bertz CT molecular complexity index is 1180. The second kappa shape index (κ2) is 7.23. The third kappa shape index (κ3) is 3.16. The normalized spacial score (nSPS) is 25.4. The molecule has 0 saturated carbocycles. The van der Waals surface area contributed by atoms with Gasteiger partial charge in [0.25, 0.3) is 11.8 Å². The lowest BCUT2D eigenvalue weighted by molar-refractivity contribution is -0.136. The molecule has 3 N–H and O–H groups in total. The van der Waals surface area contributed by atoms with Crippen LogP contribution in [0.5, 0.6) is 0 Å². The molecule has 2 atom stereocenters. The fourth-order valence-electron chi connectivity index (χ4n) is 4.74. The lowest BCUT2D eigenvalue weighted by Gasteiger charge is -2.27. The van der Waals surface area contributed by atoms with Crippen LogP contribution in [0.1, 0.15) is 45.5 Å². The van der Waals surface area contributed by atoms with E-state index in [4.69, 9.17) is 5.73 Å². The predicted molar refractivity (Wildman–Crippen MR) is 112 cm³/mol. The summed E-state index contributed by atoms with van der Waals surface area (Å²) in [5.74, 6) is -2.49. The first kappa shape index (κ1) is 20.3. The lowest BCUT2D eigenvalue weighted by Crippen LogP contribution is -2.54. The number of fused-ring (bicyclic) bond motifs is 1. The van der Waals surface area contributed by atoms with Crippen LogP contribution in [-0.4, -0.2) is 47.7 Å². The summed E-state index contributed by atoms with van der Waals surface area (Å²) in [7, 11) is 0. The van der Waals surface area contributed by atoms with Crippen LogP contribution in [0.15, 0.2) is 42.5 Å². The predicted octanol–water partition coefficient (Wildman–Crippen LogP) is 1.29. The van der Waals surface area contributed by atoms with Gasteiger partial charge < -0.3 is 10.6 Å². The Kier molecular flexibility index (Phi) is 4.59. The summed E-state index contributed by atoms with van der Waals surface area (Å²) in [5, 5.41) is 2.19. The Morgan fingerprint density at radius 3 is 2.56 bits per heavy atom. The number of amides is 4. The van der Waals surface area contributed by atoms with Crippen molar-refractivity contribution in [3.63, 3.8) is 0 Å². The molecule has 2 fully saturated rings. The second-order valence-corrected chi connectivity index (χ2v) is 8.52. The van der Waals surface area contributed by atoms with Crippen molar-refractivity contribution >= 4 is 29.3 Å². The monoisotopic (exact) mass is 436 g/mol. The summed E-state index contributed by atoms with van der Waals surface area (Å²) in [6, 6.07) is 10.2. The van der Waals surface area contributed by atoms with Gasteiger partial charge in [0.2, 0.25) is 11.8 Å². The van der Waals surface area contributed by atoms with E-state index in [0.717, 1.165) is 10.6 Å². The van der Waals surface area contributed by atoms with Crippen molar-refractivity contribution in [2.24, 2.45) is 5.73 Å². The Morgan fingerprint density at radius 2 is 1.81 bits per heavy atom. The highest BCUT2D eigenvalue weighted by Gasteiger charge is 2.45. The van der Waals surface area contributed by atoms with Crippen molar-refractivity contribution in [3.05, 3.63) is 65.0 Å². The fourth-order valence-corrected chi connectivity index (χ4v) is 4.74. The molecule has 2 aromatic carbocycles. The molecule has 3 aliphatic heterocycles. The molecule has 3 aliphatic rings. The molecule has 0 radical (unpaired) electrons. The van der Waals surface area contributed by atoms with E-state index in [9.17, 15) is 23.6 Å². The van der Waals surface area contributed by atoms with Crippen LogP contribution in [0.3, 0.4) is 0 Å². The number of carbonyl (C=O) groups excluding carboxylic acids is 4. The quantitative estimate of drug-likeness (QED) is 0.702. The fraction of sp³-hybridized carbons (Fsp3) is 0.304. The maximum absolute atomic E-state index is 13.7. The first-order valence-corrected chi connectivity index (χ1v) is 10.4. The number of hydrogen-bond acceptors (Lipinski definition) is 6. The van der Waals surface area contributed by atoms with Gasteiger partial charge in [-0.1, -0.05) is 12.1 Å². The van der Waals surface area contributed by atoms with Crippen LogP contribution in [-0.2, 0) is 15.1 Å². The number of nitrogens with two attached hydrogens (primary N) is 1. The van der Waals surface area contributed by atoms with Gasteiger partial charge in [0.15, 0.2) is 0 Å². The minimum absolute atomic E-state index is 0.0709. The Balaban J connectivity index is 1.40. The summed E-state index contributed by atoms with van der Waals surface area (Å²) in [4.78, 5) is 52.5. The van der Waals surface area contributed by atoms with Gasteiger partial charge >= 0.3 is 0 Å². The average Bonchev–Trinajstić information content (AvgIpc) is 3.28. The summed E-state index contributed by atoms with van der Waals surface area (Å²) in [5.41, 5.74) is 7.71. The highest BCUT2D eigenvalue weighted by Crippen LogP contribution is 2.35. The molecule has 0 aliphatic carbocycles. The topological polar surface area (TPSA) is 113 Å². The first-order valence-electron chi connectivity index (χ1n) is 10.4. The van der Waals surface area contributed by atoms with Crippen LogP contribution >= 0.6 is 0 Å². The Hall–Kier alpha value is -3.59. The van der Waals surface area contributed by atoms with Crippen molar-refractivity contribution in [2.45, 2.75) is 30.8 Å². The number of benzene rings is 2. The zero-order valence-electron chi connectivity index (χ0n) is 17.1. The molecule has 5 rings (SSSR count). The van der Waals surface area contributed by atoms with Gasteiger partial charge in [-0.05, 0) is 48.7 Å². The van der Waals surface area contributed by atoms with E-state index in [1.54, 1.807) is 30.3 Å².